The molecule has 1 atom stereocenters. The molecule has 1 unspecified atom stereocenters. The second kappa shape index (κ2) is 11.5. The first-order valence-corrected chi connectivity index (χ1v) is 10.8. The topological polar surface area (TPSA) is 55.8 Å². The van der Waals surface area contributed by atoms with Crippen LogP contribution in [-0.4, -0.2) is 80.1 Å². The van der Waals surface area contributed by atoms with Gasteiger partial charge in [-0.3, -0.25) is 4.99 Å². The van der Waals surface area contributed by atoms with Gasteiger partial charge in [0.25, 0.3) is 0 Å². The molecule has 0 aliphatic carbocycles. The number of piperazine rings is 1. The van der Waals surface area contributed by atoms with E-state index in [4.69, 9.17) is 4.99 Å². The van der Waals surface area contributed by atoms with Crippen molar-refractivity contribution in [2.75, 3.05) is 59.4 Å². The van der Waals surface area contributed by atoms with Crippen LogP contribution in [0.3, 0.4) is 0 Å². The number of nitrogens with one attached hydrogen (secondary N) is 2. The van der Waals surface area contributed by atoms with Gasteiger partial charge in [0, 0.05) is 69.9 Å². The molecule has 2 N–H and O–H groups in total. The van der Waals surface area contributed by atoms with E-state index >= 15 is 0 Å². The van der Waals surface area contributed by atoms with Crippen LogP contribution >= 0.6 is 11.3 Å². The summed E-state index contributed by atoms with van der Waals surface area (Å²) < 4.78 is 0. The number of aryl methyl sites for hydroxylation is 1. The lowest BCUT2D eigenvalue weighted by Gasteiger charge is -2.33. The molecule has 1 fully saturated rings. The maximum absolute atomic E-state index is 4.79. The average molecular weight is 381 g/mol. The van der Waals surface area contributed by atoms with Crippen LogP contribution in [0, 0.1) is 5.92 Å². The maximum Gasteiger partial charge on any atom is 0.191 e. The van der Waals surface area contributed by atoms with E-state index < -0.39 is 0 Å². The van der Waals surface area contributed by atoms with Crippen molar-refractivity contribution >= 4 is 17.3 Å². The van der Waals surface area contributed by atoms with Crippen LogP contribution in [0.25, 0.3) is 0 Å². The molecule has 1 aliphatic rings. The molecule has 1 aromatic rings. The van der Waals surface area contributed by atoms with E-state index in [-0.39, 0.29) is 0 Å². The van der Waals surface area contributed by atoms with Gasteiger partial charge in [0.2, 0.25) is 0 Å². The molecule has 0 amide bonds. The van der Waals surface area contributed by atoms with Crippen LogP contribution in [0.15, 0.2) is 11.2 Å². The highest BCUT2D eigenvalue weighted by atomic mass is 32.1. The summed E-state index contributed by atoms with van der Waals surface area (Å²) in [5.74, 6) is 1.49. The lowest BCUT2D eigenvalue weighted by Crippen LogP contribution is -2.46. The van der Waals surface area contributed by atoms with Gasteiger partial charge in [-0.25, -0.2) is 4.98 Å². The summed E-state index contributed by atoms with van der Waals surface area (Å²) in [6, 6.07) is 0. The second-order valence-electron chi connectivity index (χ2n) is 7.18. The van der Waals surface area contributed by atoms with Gasteiger partial charge in [-0.1, -0.05) is 13.8 Å². The van der Waals surface area contributed by atoms with Crippen molar-refractivity contribution in [3.8, 4) is 0 Å². The Morgan fingerprint density at radius 3 is 2.69 bits per heavy atom. The van der Waals surface area contributed by atoms with Gasteiger partial charge >= 0.3 is 0 Å². The number of aromatic nitrogens is 1. The van der Waals surface area contributed by atoms with Crippen LogP contribution in [0.1, 0.15) is 30.7 Å². The van der Waals surface area contributed by atoms with E-state index in [1.165, 1.54) is 36.1 Å². The molecule has 0 spiro atoms. The minimum absolute atomic E-state index is 0.569. The summed E-state index contributed by atoms with van der Waals surface area (Å²) in [6.07, 6.45) is 4.02. The number of hydrogen-bond acceptors (Lipinski definition) is 5. The van der Waals surface area contributed by atoms with Gasteiger partial charge in [0.1, 0.15) is 0 Å². The molecule has 6 nitrogen and oxygen atoms in total. The van der Waals surface area contributed by atoms with Crippen molar-refractivity contribution in [3.05, 3.63) is 16.1 Å². The fourth-order valence-electron chi connectivity index (χ4n) is 3.03. The first-order valence-electron chi connectivity index (χ1n) is 9.97. The van der Waals surface area contributed by atoms with Gasteiger partial charge < -0.3 is 20.4 Å². The van der Waals surface area contributed by atoms with Gasteiger partial charge in [-0.15, -0.1) is 11.3 Å². The molecule has 0 aromatic carbocycles. The molecule has 0 bridgehead atoms. The number of guanidine groups is 1. The predicted molar refractivity (Wildman–Crippen MR) is 112 cm³/mol. The highest BCUT2D eigenvalue weighted by Gasteiger charge is 2.16. The average Bonchev–Trinajstić information content (AvgIpc) is 3.09. The second-order valence-corrected chi connectivity index (χ2v) is 8.38. The summed E-state index contributed by atoms with van der Waals surface area (Å²) in [5, 5.41) is 8.00. The van der Waals surface area contributed by atoms with Gasteiger partial charge in [-0.2, -0.15) is 0 Å². The Labute approximate surface area is 163 Å². The number of aliphatic imine (C=N–C) groups is 1. The molecule has 1 aliphatic heterocycles. The largest absolute Gasteiger partial charge is 0.357 e. The summed E-state index contributed by atoms with van der Waals surface area (Å²) >= 11 is 1.82. The van der Waals surface area contributed by atoms with Crippen molar-refractivity contribution < 1.29 is 0 Å². The van der Waals surface area contributed by atoms with E-state index in [9.17, 15) is 0 Å². The van der Waals surface area contributed by atoms with E-state index in [0.717, 1.165) is 45.0 Å². The standard InChI is InChI=1S/C19H36N6S/c1-5-17-14-22-18(26-17)7-8-21-19(20-6-2)23-13-16(3)15-25-11-9-24(4)10-12-25/h14,16H,5-13,15H2,1-4H3,(H2,20,21,23). The molecular weight excluding hydrogens is 344 g/mol. The van der Waals surface area contributed by atoms with Gasteiger partial charge in [0.15, 0.2) is 5.96 Å². The molecule has 2 rings (SSSR count). The molecule has 26 heavy (non-hydrogen) atoms. The maximum atomic E-state index is 4.79. The molecule has 0 saturated carbocycles. The summed E-state index contributed by atoms with van der Waals surface area (Å²) in [6.45, 7) is 15.0. The Balaban J connectivity index is 1.72. The summed E-state index contributed by atoms with van der Waals surface area (Å²) in [7, 11) is 2.20. The van der Waals surface area contributed by atoms with Gasteiger partial charge in [-0.05, 0) is 26.3 Å². The highest BCUT2D eigenvalue weighted by molar-refractivity contribution is 7.11. The third-order valence-corrected chi connectivity index (χ3v) is 5.85. The number of nitrogens with zero attached hydrogens (tertiary/aromatic N) is 4. The fourth-order valence-corrected chi connectivity index (χ4v) is 3.89. The van der Waals surface area contributed by atoms with Crippen LogP contribution in [0.4, 0.5) is 0 Å². The highest BCUT2D eigenvalue weighted by Crippen LogP contribution is 2.13. The van der Waals surface area contributed by atoms with Crippen molar-refractivity contribution in [1.82, 2.24) is 25.4 Å². The van der Waals surface area contributed by atoms with Crippen molar-refractivity contribution in [2.24, 2.45) is 10.9 Å². The number of hydrogen-bond donors (Lipinski definition) is 2. The zero-order chi connectivity index (χ0) is 18.8. The first kappa shape index (κ1) is 21.1. The predicted octanol–water partition coefficient (Wildman–Crippen LogP) is 1.69. The summed E-state index contributed by atoms with van der Waals surface area (Å²) in [4.78, 5) is 15.6. The quantitative estimate of drug-likeness (QED) is 0.504. The van der Waals surface area contributed by atoms with E-state index in [2.05, 4.69) is 53.2 Å². The Morgan fingerprint density at radius 1 is 1.27 bits per heavy atom. The van der Waals surface area contributed by atoms with Crippen LogP contribution in [-0.2, 0) is 12.8 Å². The third kappa shape index (κ3) is 7.60. The van der Waals surface area contributed by atoms with E-state index in [1.54, 1.807) is 0 Å². The molecule has 7 heteroatoms. The first-order chi connectivity index (χ1) is 12.6. The van der Waals surface area contributed by atoms with Crippen molar-refractivity contribution in [2.45, 2.75) is 33.6 Å². The molecule has 0 radical (unpaired) electrons. The summed E-state index contributed by atoms with van der Waals surface area (Å²) in [5.41, 5.74) is 0. The minimum Gasteiger partial charge on any atom is -0.357 e. The lowest BCUT2D eigenvalue weighted by molar-refractivity contribution is 0.140. The van der Waals surface area contributed by atoms with Crippen LogP contribution < -0.4 is 10.6 Å². The molecular formula is C19H36N6S. The molecule has 1 saturated heterocycles. The van der Waals surface area contributed by atoms with Crippen molar-refractivity contribution in [3.63, 3.8) is 0 Å². The Kier molecular flexibility index (Phi) is 9.36. The molecule has 1 aromatic heterocycles. The monoisotopic (exact) mass is 380 g/mol. The minimum atomic E-state index is 0.569. The van der Waals surface area contributed by atoms with Crippen molar-refractivity contribution in [1.29, 1.82) is 0 Å². The normalized spacial score (nSPS) is 18.1. The van der Waals surface area contributed by atoms with E-state index in [0.29, 0.717) is 5.92 Å². The zero-order valence-electron chi connectivity index (χ0n) is 16.9. The number of rotatable bonds is 9. The SMILES string of the molecule is CCNC(=NCC(C)CN1CCN(C)CC1)NCCc1ncc(CC)s1. The molecule has 2 heterocycles. The van der Waals surface area contributed by atoms with Gasteiger partial charge in [0.05, 0.1) is 5.01 Å². The Hall–Kier alpha value is -1.18. The Morgan fingerprint density at radius 2 is 2.04 bits per heavy atom. The fraction of sp³-hybridized carbons (Fsp3) is 0.789. The zero-order valence-corrected chi connectivity index (χ0v) is 17.7. The van der Waals surface area contributed by atoms with E-state index in [1.807, 2.05) is 17.5 Å². The smallest absolute Gasteiger partial charge is 0.191 e. The Bertz CT molecular complexity index is 536. The lowest BCUT2D eigenvalue weighted by atomic mass is 10.1. The number of thiazole rings is 1. The van der Waals surface area contributed by atoms with Crippen LogP contribution in [0.2, 0.25) is 0 Å². The van der Waals surface area contributed by atoms with Crippen LogP contribution in [0.5, 0.6) is 0 Å². The number of likely N-dealkylation sites (N-methyl/N-ethyl adjacent to an activating group) is 1. The molecule has 148 valence electrons. The third-order valence-electron chi connectivity index (χ3n) is 4.65.